The van der Waals surface area contributed by atoms with Crippen molar-refractivity contribution in [2.75, 3.05) is 19.5 Å². The molecule has 0 unspecified atom stereocenters. The molecule has 0 radical (unpaired) electrons. The van der Waals surface area contributed by atoms with E-state index in [4.69, 9.17) is 15.3 Å². The van der Waals surface area contributed by atoms with E-state index in [1.807, 2.05) is 0 Å². The number of nitrogens with zero attached hydrogens (tertiary/aromatic N) is 2. The van der Waals surface area contributed by atoms with Gasteiger partial charge in [0.2, 0.25) is 0 Å². The first kappa shape index (κ1) is 14.1. The van der Waals surface area contributed by atoms with Crippen LogP contribution in [0.3, 0.4) is 0 Å². The molecule has 0 atom stereocenters. The first-order valence-corrected chi connectivity index (χ1v) is 5.20. The van der Waals surface area contributed by atoms with E-state index >= 15 is 0 Å². The summed E-state index contributed by atoms with van der Waals surface area (Å²) in [6.07, 6.45) is 1.24. The van der Waals surface area contributed by atoms with Crippen molar-refractivity contribution < 1.29 is 14.3 Å². The fourth-order valence-corrected chi connectivity index (χ4v) is 1.38. The Morgan fingerprint density at radius 2 is 2.00 bits per heavy atom. The summed E-state index contributed by atoms with van der Waals surface area (Å²) in [6, 6.07) is 8.25. The van der Waals surface area contributed by atoms with Crippen LogP contribution in [0.1, 0.15) is 10.4 Å². The van der Waals surface area contributed by atoms with Gasteiger partial charge in [0.1, 0.15) is 23.3 Å². The van der Waals surface area contributed by atoms with Gasteiger partial charge in [0.15, 0.2) is 5.75 Å². The number of esters is 1. The number of para-hydroxylation sites is 1. The molecule has 6 nitrogen and oxygen atoms in total. The largest absolute Gasteiger partial charge is 0.494 e. The minimum atomic E-state index is -0.537. The van der Waals surface area contributed by atoms with Crippen LogP contribution in [0.15, 0.2) is 30.0 Å². The van der Waals surface area contributed by atoms with Crippen LogP contribution in [0.25, 0.3) is 0 Å². The molecule has 1 N–H and O–H groups in total. The van der Waals surface area contributed by atoms with Crippen molar-refractivity contribution in [2.24, 2.45) is 0 Å². The molecule has 0 fully saturated rings. The molecule has 1 aromatic rings. The summed E-state index contributed by atoms with van der Waals surface area (Å²) in [5.74, 6) is -0.258. The van der Waals surface area contributed by atoms with Gasteiger partial charge in [-0.15, -0.1) is 0 Å². The summed E-state index contributed by atoms with van der Waals surface area (Å²) in [7, 11) is 2.68. The number of carbonyl (C=O) groups is 1. The van der Waals surface area contributed by atoms with Gasteiger partial charge < -0.3 is 14.8 Å². The summed E-state index contributed by atoms with van der Waals surface area (Å²) in [4.78, 5) is 11.5. The molecular formula is C13H11N3O3. The van der Waals surface area contributed by atoms with Gasteiger partial charge in [-0.05, 0) is 12.1 Å². The molecule has 0 heterocycles. The fraction of sp³-hybridized carbons (Fsp3) is 0.154. The Hall–Kier alpha value is -2.99. The molecule has 0 spiro atoms. The highest BCUT2D eigenvalue weighted by atomic mass is 16.5. The number of nitrogens with one attached hydrogen (secondary N) is 1. The molecule has 1 aromatic carbocycles. The summed E-state index contributed by atoms with van der Waals surface area (Å²) < 4.78 is 9.78. The predicted octanol–water partition coefficient (Wildman–Crippen LogP) is 1.82. The normalized spacial score (nSPS) is 8.63. The third-order valence-corrected chi connectivity index (χ3v) is 2.24. The van der Waals surface area contributed by atoms with Crippen LogP contribution >= 0.6 is 0 Å². The number of carbonyl (C=O) groups excluding carboxylic acids is 1. The number of anilines is 1. The summed E-state index contributed by atoms with van der Waals surface area (Å²) in [6.45, 7) is 0. The minimum absolute atomic E-state index is 0.0921. The lowest BCUT2D eigenvalue weighted by Gasteiger charge is -2.11. The zero-order chi connectivity index (χ0) is 14.3. The Kier molecular flexibility index (Phi) is 4.94. The second-order valence-electron chi connectivity index (χ2n) is 3.30. The Bertz CT molecular complexity index is 578. The van der Waals surface area contributed by atoms with Gasteiger partial charge in [-0.2, -0.15) is 10.5 Å². The number of methoxy groups -OCH3 is 2. The number of nitriles is 2. The number of rotatable bonds is 4. The third-order valence-electron chi connectivity index (χ3n) is 2.24. The van der Waals surface area contributed by atoms with E-state index in [1.54, 1.807) is 30.3 Å². The molecule has 96 valence electrons. The van der Waals surface area contributed by atoms with E-state index in [1.165, 1.54) is 20.4 Å². The van der Waals surface area contributed by atoms with Crippen molar-refractivity contribution in [3.63, 3.8) is 0 Å². The molecule has 0 aliphatic carbocycles. The average molecular weight is 257 g/mol. The molecule has 0 aromatic heterocycles. The molecular weight excluding hydrogens is 246 g/mol. The van der Waals surface area contributed by atoms with Crippen molar-refractivity contribution in [2.45, 2.75) is 0 Å². The molecule has 0 amide bonds. The Morgan fingerprint density at radius 3 is 2.53 bits per heavy atom. The van der Waals surface area contributed by atoms with Gasteiger partial charge in [-0.3, -0.25) is 0 Å². The first-order valence-electron chi connectivity index (χ1n) is 5.20. The number of hydrogen-bond donors (Lipinski definition) is 1. The van der Waals surface area contributed by atoms with Gasteiger partial charge >= 0.3 is 5.97 Å². The lowest BCUT2D eigenvalue weighted by molar-refractivity contribution is 0.0597. The summed E-state index contributed by atoms with van der Waals surface area (Å²) in [5, 5.41) is 20.0. The van der Waals surface area contributed by atoms with Crippen molar-refractivity contribution in [3.8, 4) is 17.9 Å². The predicted molar refractivity (Wildman–Crippen MR) is 67.3 cm³/mol. The first-order chi connectivity index (χ1) is 9.17. The average Bonchev–Trinajstić information content (AvgIpc) is 2.47. The van der Waals surface area contributed by atoms with E-state index < -0.39 is 5.97 Å². The highest BCUT2D eigenvalue weighted by Gasteiger charge is 2.15. The van der Waals surface area contributed by atoms with Crippen molar-refractivity contribution in [3.05, 3.63) is 35.5 Å². The zero-order valence-electron chi connectivity index (χ0n) is 10.4. The van der Waals surface area contributed by atoms with E-state index in [2.05, 4.69) is 10.1 Å². The van der Waals surface area contributed by atoms with Crippen LogP contribution in [-0.4, -0.2) is 20.2 Å². The standard InChI is InChI=1S/C13H11N3O3/c1-18-12-10(13(17)19-2)4-3-5-11(12)16-8-9(6-14)7-15/h3-5,8,16H,1-2H3. The van der Waals surface area contributed by atoms with Crippen molar-refractivity contribution in [1.82, 2.24) is 0 Å². The SMILES string of the molecule is COC(=O)c1cccc(NC=C(C#N)C#N)c1OC. The maximum atomic E-state index is 11.5. The molecule has 0 aliphatic heterocycles. The molecule has 0 saturated carbocycles. The quantitative estimate of drug-likeness (QED) is 0.653. The van der Waals surface area contributed by atoms with Gasteiger partial charge in [-0.25, -0.2) is 4.79 Å². The lowest BCUT2D eigenvalue weighted by Crippen LogP contribution is -2.06. The maximum absolute atomic E-state index is 11.5. The topological polar surface area (TPSA) is 95.1 Å². The van der Waals surface area contributed by atoms with Crippen LogP contribution in [-0.2, 0) is 4.74 Å². The summed E-state index contributed by atoms with van der Waals surface area (Å²) >= 11 is 0. The number of ether oxygens (including phenoxy) is 2. The van der Waals surface area contributed by atoms with Gasteiger partial charge in [0, 0.05) is 6.20 Å². The number of benzene rings is 1. The van der Waals surface area contributed by atoms with Gasteiger partial charge in [0.25, 0.3) is 0 Å². The smallest absolute Gasteiger partial charge is 0.341 e. The van der Waals surface area contributed by atoms with Crippen LogP contribution in [0.2, 0.25) is 0 Å². The number of allylic oxidation sites excluding steroid dienone is 1. The van der Waals surface area contributed by atoms with Crippen LogP contribution < -0.4 is 10.1 Å². The second-order valence-corrected chi connectivity index (χ2v) is 3.30. The van der Waals surface area contributed by atoms with Crippen LogP contribution in [0.5, 0.6) is 5.75 Å². The molecule has 0 aliphatic rings. The highest BCUT2D eigenvalue weighted by molar-refractivity contribution is 5.94. The third kappa shape index (κ3) is 3.24. The molecule has 1 rings (SSSR count). The van der Waals surface area contributed by atoms with Crippen molar-refractivity contribution in [1.29, 1.82) is 10.5 Å². The Labute approximate surface area is 110 Å². The van der Waals surface area contributed by atoms with E-state index in [-0.39, 0.29) is 16.9 Å². The molecule has 6 heteroatoms. The minimum Gasteiger partial charge on any atom is -0.494 e. The monoisotopic (exact) mass is 257 g/mol. The Morgan fingerprint density at radius 1 is 1.32 bits per heavy atom. The maximum Gasteiger partial charge on any atom is 0.341 e. The van der Waals surface area contributed by atoms with Gasteiger partial charge in [-0.1, -0.05) is 6.07 Å². The summed E-state index contributed by atoms with van der Waals surface area (Å²) in [5.41, 5.74) is 0.609. The molecule has 19 heavy (non-hydrogen) atoms. The number of hydrogen-bond acceptors (Lipinski definition) is 6. The lowest BCUT2D eigenvalue weighted by atomic mass is 10.1. The van der Waals surface area contributed by atoms with E-state index in [0.29, 0.717) is 5.69 Å². The fourth-order valence-electron chi connectivity index (χ4n) is 1.38. The van der Waals surface area contributed by atoms with Crippen molar-refractivity contribution >= 4 is 11.7 Å². The zero-order valence-corrected chi connectivity index (χ0v) is 10.4. The molecule has 0 bridgehead atoms. The van der Waals surface area contributed by atoms with Crippen LogP contribution in [0.4, 0.5) is 5.69 Å². The van der Waals surface area contributed by atoms with Crippen LogP contribution in [0, 0.1) is 22.7 Å². The second kappa shape index (κ2) is 6.67. The van der Waals surface area contributed by atoms with E-state index in [9.17, 15) is 4.79 Å². The van der Waals surface area contributed by atoms with E-state index in [0.717, 1.165) is 0 Å². The highest BCUT2D eigenvalue weighted by Crippen LogP contribution is 2.29. The Balaban J connectivity index is 3.17. The molecule has 0 saturated heterocycles. The van der Waals surface area contributed by atoms with Gasteiger partial charge in [0.05, 0.1) is 19.9 Å².